The van der Waals surface area contributed by atoms with Gasteiger partial charge in [-0.15, -0.1) is 12.4 Å². The molecule has 2 aliphatic rings. The van der Waals surface area contributed by atoms with Crippen LogP contribution in [0.4, 0.5) is 5.69 Å². The van der Waals surface area contributed by atoms with Gasteiger partial charge in [0, 0.05) is 18.8 Å². The van der Waals surface area contributed by atoms with Crippen LogP contribution in [-0.2, 0) is 19.6 Å². The van der Waals surface area contributed by atoms with E-state index in [9.17, 15) is 23.1 Å². The summed E-state index contributed by atoms with van der Waals surface area (Å²) in [6.07, 6.45) is 2.42. The number of anilines is 1. The van der Waals surface area contributed by atoms with Crippen LogP contribution in [0, 0.1) is 11.3 Å². The molecule has 1 aliphatic heterocycles. The van der Waals surface area contributed by atoms with E-state index >= 15 is 0 Å². The lowest BCUT2D eigenvalue weighted by atomic mass is 9.81. The summed E-state index contributed by atoms with van der Waals surface area (Å²) in [6, 6.07) is 5.22. The average Bonchev–Trinajstić information content (AvgIpc) is 3.11. The molecule has 1 aromatic rings. The molecule has 1 unspecified atom stereocenters. The minimum atomic E-state index is -3.85. The first-order chi connectivity index (χ1) is 12.1. The van der Waals surface area contributed by atoms with Crippen LogP contribution in [0.5, 0.6) is 0 Å². The van der Waals surface area contributed by atoms with E-state index in [1.165, 1.54) is 18.2 Å². The van der Waals surface area contributed by atoms with Crippen LogP contribution in [-0.4, -0.2) is 49.4 Å². The zero-order valence-electron chi connectivity index (χ0n) is 14.9. The minimum absolute atomic E-state index is 0. The number of primary sulfonamides is 1. The Morgan fingerprint density at radius 2 is 2.11 bits per heavy atom. The standard InChI is InChI=1S/C17H23N3O5S.ClH/c1-11(20-9-12-4-3-7-17(12,10-20)16(22)23)15(21)19-13-5-2-6-14(8-13)26(18,24)25;/h2,5-6,8,11-12H,3-4,7,9-10H2,1H3,(H,19,21)(H,22,23)(H2,18,24,25);1H/t11?,12-,17+;/m0./s1. The highest BCUT2D eigenvalue weighted by molar-refractivity contribution is 7.89. The lowest BCUT2D eigenvalue weighted by molar-refractivity contribution is -0.149. The van der Waals surface area contributed by atoms with Crippen molar-refractivity contribution in [3.63, 3.8) is 0 Å². The fraction of sp³-hybridized carbons (Fsp3) is 0.529. The number of hydrogen-bond donors (Lipinski definition) is 3. The molecule has 1 heterocycles. The average molecular weight is 418 g/mol. The number of nitrogens with one attached hydrogen (secondary N) is 1. The number of nitrogens with two attached hydrogens (primary N) is 1. The lowest BCUT2D eigenvalue weighted by Crippen LogP contribution is -2.43. The van der Waals surface area contributed by atoms with Gasteiger partial charge in [-0.25, -0.2) is 13.6 Å². The molecule has 4 N–H and O–H groups in total. The molecule has 1 aromatic carbocycles. The molecule has 2 fully saturated rings. The highest BCUT2D eigenvalue weighted by Gasteiger charge is 2.55. The molecule has 1 saturated heterocycles. The Balaban J connectivity index is 0.00000261. The summed E-state index contributed by atoms with van der Waals surface area (Å²) >= 11 is 0. The van der Waals surface area contributed by atoms with E-state index in [1.54, 1.807) is 13.0 Å². The van der Waals surface area contributed by atoms with E-state index in [-0.39, 0.29) is 29.1 Å². The zero-order chi connectivity index (χ0) is 19.1. The Morgan fingerprint density at radius 3 is 2.70 bits per heavy atom. The Kier molecular flexibility index (Phi) is 6.20. The number of amides is 1. The second-order valence-electron chi connectivity index (χ2n) is 7.22. The van der Waals surface area contributed by atoms with E-state index in [2.05, 4.69) is 5.32 Å². The molecule has 27 heavy (non-hydrogen) atoms. The highest BCUT2D eigenvalue weighted by atomic mass is 35.5. The molecule has 8 nitrogen and oxygen atoms in total. The third-order valence-corrected chi connectivity index (χ3v) is 6.59. The summed E-state index contributed by atoms with van der Waals surface area (Å²) in [5, 5.41) is 17.5. The SMILES string of the molecule is CC(C(=O)Nc1cccc(S(N)(=O)=O)c1)N1C[C@@H]2CCC[C@@]2(C(=O)O)C1.Cl. The number of halogens is 1. The van der Waals surface area contributed by atoms with Gasteiger partial charge in [-0.05, 0) is 43.9 Å². The first-order valence-electron chi connectivity index (χ1n) is 8.55. The van der Waals surface area contributed by atoms with Crippen molar-refractivity contribution in [2.75, 3.05) is 18.4 Å². The summed E-state index contributed by atoms with van der Waals surface area (Å²) in [5.41, 5.74) is -0.414. The number of benzene rings is 1. The molecule has 3 rings (SSSR count). The molecule has 1 aliphatic carbocycles. The van der Waals surface area contributed by atoms with Gasteiger partial charge < -0.3 is 10.4 Å². The number of fused-ring (bicyclic) bond motifs is 1. The van der Waals surface area contributed by atoms with Crippen molar-refractivity contribution in [2.24, 2.45) is 16.5 Å². The largest absolute Gasteiger partial charge is 0.481 e. The molecule has 1 amide bonds. The molecule has 0 bridgehead atoms. The Bertz CT molecular complexity index is 847. The lowest BCUT2D eigenvalue weighted by Gasteiger charge is -2.26. The van der Waals surface area contributed by atoms with E-state index in [4.69, 9.17) is 5.14 Å². The fourth-order valence-corrected chi connectivity index (χ4v) is 4.70. The topological polar surface area (TPSA) is 130 Å². The molecule has 1 saturated carbocycles. The van der Waals surface area contributed by atoms with Crippen molar-refractivity contribution in [2.45, 2.75) is 37.1 Å². The van der Waals surface area contributed by atoms with Gasteiger partial charge in [0.05, 0.1) is 16.4 Å². The van der Waals surface area contributed by atoms with Crippen molar-refractivity contribution < 1.29 is 23.1 Å². The van der Waals surface area contributed by atoms with E-state index in [0.717, 1.165) is 12.8 Å². The first kappa shape index (κ1) is 21.6. The monoisotopic (exact) mass is 417 g/mol. The number of nitrogens with zero attached hydrogens (tertiary/aromatic N) is 1. The normalized spacial score (nSPS) is 26.1. The minimum Gasteiger partial charge on any atom is -0.481 e. The number of hydrogen-bond acceptors (Lipinski definition) is 5. The molecular weight excluding hydrogens is 394 g/mol. The third-order valence-electron chi connectivity index (χ3n) is 5.68. The van der Waals surface area contributed by atoms with Crippen molar-refractivity contribution in [1.82, 2.24) is 4.90 Å². The number of aliphatic carboxylic acids is 1. The van der Waals surface area contributed by atoms with E-state index in [0.29, 0.717) is 25.2 Å². The highest BCUT2D eigenvalue weighted by Crippen LogP contribution is 2.49. The fourth-order valence-electron chi connectivity index (χ4n) is 4.14. The van der Waals surface area contributed by atoms with E-state index < -0.39 is 27.4 Å². The number of carboxylic acid groups (broad SMARTS) is 1. The van der Waals surface area contributed by atoms with Gasteiger partial charge in [-0.2, -0.15) is 0 Å². The molecule has 150 valence electrons. The number of sulfonamides is 1. The summed E-state index contributed by atoms with van der Waals surface area (Å²) < 4.78 is 22.9. The van der Waals surface area contributed by atoms with Crippen molar-refractivity contribution in [3.8, 4) is 0 Å². The number of rotatable bonds is 5. The molecule has 3 atom stereocenters. The van der Waals surface area contributed by atoms with Crippen LogP contribution >= 0.6 is 12.4 Å². The van der Waals surface area contributed by atoms with Gasteiger partial charge in [0.25, 0.3) is 0 Å². The Labute approximate surface area is 164 Å². The predicted molar refractivity (Wildman–Crippen MR) is 102 cm³/mol. The first-order valence-corrected chi connectivity index (χ1v) is 10.1. The van der Waals surface area contributed by atoms with Gasteiger partial charge in [-0.1, -0.05) is 12.5 Å². The summed E-state index contributed by atoms with van der Waals surface area (Å²) in [4.78, 5) is 26.2. The summed E-state index contributed by atoms with van der Waals surface area (Å²) in [5.74, 6) is -1.02. The molecule has 0 radical (unpaired) electrons. The van der Waals surface area contributed by atoms with Crippen LogP contribution in [0.25, 0.3) is 0 Å². The van der Waals surface area contributed by atoms with Gasteiger partial charge in [0.15, 0.2) is 0 Å². The van der Waals surface area contributed by atoms with Crippen LogP contribution in [0.15, 0.2) is 29.2 Å². The van der Waals surface area contributed by atoms with Gasteiger partial charge >= 0.3 is 5.97 Å². The third kappa shape index (κ3) is 4.11. The van der Waals surface area contributed by atoms with Gasteiger partial charge in [-0.3, -0.25) is 14.5 Å². The number of likely N-dealkylation sites (tertiary alicyclic amines) is 1. The maximum Gasteiger partial charge on any atom is 0.311 e. The van der Waals surface area contributed by atoms with Crippen molar-refractivity contribution in [1.29, 1.82) is 0 Å². The van der Waals surface area contributed by atoms with Crippen LogP contribution in [0.1, 0.15) is 26.2 Å². The van der Waals surface area contributed by atoms with Crippen LogP contribution in [0.2, 0.25) is 0 Å². The smallest absolute Gasteiger partial charge is 0.311 e. The molecular formula is C17H24ClN3O5S. The van der Waals surface area contributed by atoms with Crippen molar-refractivity contribution in [3.05, 3.63) is 24.3 Å². The predicted octanol–water partition coefficient (Wildman–Crippen LogP) is 1.27. The summed E-state index contributed by atoms with van der Waals surface area (Å²) in [6.45, 7) is 2.67. The van der Waals surface area contributed by atoms with E-state index in [1.807, 2.05) is 4.90 Å². The van der Waals surface area contributed by atoms with Crippen LogP contribution in [0.3, 0.4) is 0 Å². The van der Waals surface area contributed by atoms with Crippen LogP contribution < -0.4 is 10.5 Å². The Hall–Kier alpha value is -1.68. The molecule has 0 aromatic heterocycles. The summed E-state index contributed by atoms with van der Waals surface area (Å²) in [7, 11) is -3.85. The molecule has 10 heteroatoms. The molecule has 0 spiro atoms. The van der Waals surface area contributed by atoms with Crippen molar-refractivity contribution >= 4 is 40.0 Å². The zero-order valence-corrected chi connectivity index (χ0v) is 16.6. The second kappa shape index (κ2) is 7.75. The number of carbonyl (C=O) groups is 2. The Morgan fingerprint density at radius 1 is 1.41 bits per heavy atom. The quantitative estimate of drug-likeness (QED) is 0.661. The second-order valence-corrected chi connectivity index (χ2v) is 8.78. The maximum absolute atomic E-state index is 12.6. The number of carboxylic acids is 1. The number of carbonyl (C=O) groups excluding carboxylic acids is 1. The van der Waals surface area contributed by atoms with Gasteiger partial charge in [0.2, 0.25) is 15.9 Å². The maximum atomic E-state index is 12.6. The van der Waals surface area contributed by atoms with Gasteiger partial charge in [0.1, 0.15) is 0 Å².